The Hall–Kier alpha value is -2.60. The van der Waals surface area contributed by atoms with Crippen molar-refractivity contribution in [3.05, 3.63) is 59.5 Å². The van der Waals surface area contributed by atoms with E-state index in [1.54, 1.807) is 11.8 Å². The average Bonchev–Trinajstić information content (AvgIpc) is 3.19. The lowest BCUT2D eigenvalue weighted by molar-refractivity contribution is -0.904. The summed E-state index contributed by atoms with van der Waals surface area (Å²) in [5, 5.41) is 0. The highest BCUT2D eigenvalue weighted by molar-refractivity contribution is 5.83. The Bertz CT molecular complexity index is 828. The zero-order valence-corrected chi connectivity index (χ0v) is 18.9. The molecule has 0 spiro atoms. The normalized spacial score (nSPS) is 14.4. The zero-order valence-electron chi connectivity index (χ0n) is 18.9. The first kappa shape index (κ1) is 23.1. The van der Waals surface area contributed by atoms with Gasteiger partial charge in [0.1, 0.15) is 11.5 Å². The van der Waals surface area contributed by atoms with Crippen molar-refractivity contribution in [3.8, 4) is 0 Å². The van der Waals surface area contributed by atoms with Crippen LogP contribution in [0, 0.1) is 6.92 Å². The molecule has 0 bridgehead atoms. The summed E-state index contributed by atoms with van der Waals surface area (Å²) in [4.78, 5) is 30.5. The van der Waals surface area contributed by atoms with Gasteiger partial charge in [0.05, 0.1) is 39.3 Å². The summed E-state index contributed by atoms with van der Waals surface area (Å²) < 4.78 is 5.72. The Morgan fingerprint density at radius 2 is 1.71 bits per heavy atom. The summed E-state index contributed by atoms with van der Waals surface area (Å²) >= 11 is 0. The van der Waals surface area contributed by atoms with Crippen LogP contribution < -0.4 is 4.90 Å². The maximum atomic E-state index is 13.2. The van der Waals surface area contributed by atoms with Crippen LogP contribution in [-0.2, 0) is 22.6 Å². The minimum absolute atomic E-state index is 0.0335. The average molecular weight is 427 g/mol. The van der Waals surface area contributed by atoms with Crippen LogP contribution >= 0.6 is 0 Å². The first-order valence-corrected chi connectivity index (χ1v) is 11.5. The highest BCUT2D eigenvalue weighted by Gasteiger charge is 2.22. The molecule has 0 saturated carbocycles. The smallest absolute Gasteiger partial charge is 0.242 e. The van der Waals surface area contributed by atoms with Gasteiger partial charge in [0.2, 0.25) is 11.8 Å². The molecule has 1 aromatic heterocycles. The minimum atomic E-state index is -0.0402. The van der Waals surface area contributed by atoms with E-state index in [9.17, 15) is 9.59 Å². The van der Waals surface area contributed by atoms with Gasteiger partial charge in [-0.05, 0) is 50.3 Å². The van der Waals surface area contributed by atoms with Gasteiger partial charge in [-0.15, -0.1) is 0 Å². The molecule has 1 aliphatic rings. The third-order valence-electron chi connectivity index (χ3n) is 6.08. The van der Waals surface area contributed by atoms with Crippen molar-refractivity contribution in [3.63, 3.8) is 0 Å². The van der Waals surface area contributed by atoms with E-state index >= 15 is 0 Å². The minimum Gasteiger partial charge on any atom is -0.464 e. The molecule has 168 valence electrons. The molecule has 0 atom stereocenters. The van der Waals surface area contributed by atoms with Gasteiger partial charge in [0, 0.05) is 13.5 Å². The maximum Gasteiger partial charge on any atom is 0.242 e. The number of furan rings is 1. The number of carbonyl (C=O) groups excluding carboxylic acids is 2. The number of nitrogens with one attached hydrogen (secondary N) is 1. The molecule has 0 aliphatic carbocycles. The topological polar surface area (TPSA) is 58.2 Å². The second-order valence-corrected chi connectivity index (χ2v) is 8.56. The molecule has 1 aliphatic heterocycles. The van der Waals surface area contributed by atoms with Gasteiger partial charge in [-0.2, -0.15) is 0 Å². The molecular weight excluding hydrogens is 390 g/mol. The van der Waals surface area contributed by atoms with Gasteiger partial charge in [0.25, 0.3) is 0 Å². The van der Waals surface area contributed by atoms with E-state index in [-0.39, 0.29) is 18.4 Å². The van der Waals surface area contributed by atoms with Gasteiger partial charge in [0.15, 0.2) is 0 Å². The van der Waals surface area contributed by atoms with Crippen molar-refractivity contribution in [2.75, 3.05) is 39.3 Å². The van der Waals surface area contributed by atoms with Gasteiger partial charge < -0.3 is 19.1 Å². The summed E-state index contributed by atoms with van der Waals surface area (Å²) in [7, 11) is 0. The molecular formula is C25H36N3O3+. The number of piperidine rings is 1. The summed E-state index contributed by atoms with van der Waals surface area (Å²) in [5.74, 6) is 1.53. The number of aryl methyl sites for hydroxylation is 1. The largest absolute Gasteiger partial charge is 0.464 e. The molecule has 2 amide bonds. The number of amides is 2. The Morgan fingerprint density at radius 3 is 2.35 bits per heavy atom. The fourth-order valence-electron chi connectivity index (χ4n) is 4.16. The standard InChI is InChI=1S/C25H35N3O3/c1-21-11-12-24(31-21)19-28(16-13-23-9-5-3-6-10-23)25(30)20-27(22(2)29)18-17-26-14-7-4-8-15-26/h3,5-6,9-12H,4,7-8,13-20H2,1-2H3/p+1. The molecule has 1 saturated heterocycles. The summed E-state index contributed by atoms with van der Waals surface area (Å²) in [5.41, 5.74) is 1.19. The highest BCUT2D eigenvalue weighted by atomic mass is 16.3. The SMILES string of the molecule is CC(=O)N(CC[NH+]1CCCCC1)CC(=O)N(CCc1ccccc1)Cc1ccc(C)o1. The predicted molar refractivity (Wildman–Crippen MR) is 121 cm³/mol. The summed E-state index contributed by atoms with van der Waals surface area (Å²) in [6.45, 7) is 8.47. The zero-order chi connectivity index (χ0) is 22.1. The Balaban J connectivity index is 1.61. The molecule has 6 nitrogen and oxygen atoms in total. The number of nitrogens with zero attached hydrogens (tertiary/aromatic N) is 2. The van der Waals surface area contributed by atoms with Crippen molar-refractivity contribution in [2.45, 2.75) is 46.1 Å². The van der Waals surface area contributed by atoms with Crippen molar-refractivity contribution < 1.29 is 18.9 Å². The van der Waals surface area contributed by atoms with Crippen LogP contribution in [0.3, 0.4) is 0 Å². The van der Waals surface area contributed by atoms with Crippen LogP contribution in [0.5, 0.6) is 0 Å². The number of carbonyl (C=O) groups is 2. The first-order chi connectivity index (χ1) is 15.0. The molecule has 1 fully saturated rings. The van der Waals surface area contributed by atoms with Gasteiger partial charge >= 0.3 is 0 Å². The van der Waals surface area contributed by atoms with Crippen LogP contribution in [0.25, 0.3) is 0 Å². The molecule has 2 aromatic rings. The summed E-state index contributed by atoms with van der Waals surface area (Å²) in [6.07, 6.45) is 4.58. The van der Waals surface area contributed by atoms with Crippen LogP contribution in [0.4, 0.5) is 0 Å². The van der Waals surface area contributed by atoms with E-state index < -0.39 is 0 Å². The molecule has 31 heavy (non-hydrogen) atoms. The van der Waals surface area contributed by atoms with Crippen molar-refractivity contribution in [1.29, 1.82) is 0 Å². The fourth-order valence-corrected chi connectivity index (χ4v) is 4.16. The van der Waals surface area contributed by atoms with Crippen LogP contribution in [0.15, 0.2) is 46.9 Å². The van der Waals surface area contributed by atoms with Crippen LogP contribution in [0.1, 0.15) is 43.3 Å². The van der Waals surface area contributed by atoms with E-state index in [1.807, 2.05) is 42.2 Å². The number of rotatable bonds is 10. The monoisotopic (exact) mass is 426 g/mol. The Labute approximate surface area is 185 Å². The second-order valence-electron chi connectivity index (χ2n) is 8.56. The van der Waals surface area contributed by atoms with Crippen molar-refractivity contribution in [2.24, 2.45) is 0 Å². The van der Waals surface area contributed by atoms with Gasteiger partial charge in [-0.1, -0.05) is 30.3 Å². The van der Waals surface area contributed by atoms with Crippen molar-refractivity contribution in [1.82, 2.24) is 9.80 Å². The quantitative estimate of drug-likeness (QED) is 0.633. The molecule has 0 unspecified atom stereocenters. The molecule has 6 heteroatoms. The Kier molecular flexibility index (Phi) is 8.71. The summed E-state index contributed by atoms with van der Waals surface area (Å²) in [6, 6.07) is 14.0. The number of hydrogen-bond acceptors (Lipinski definition) is 3. The number of quaternary nitrogens is 1. The molecule has 2 heterocycles. The van der Waals surface area contributed by atoms with E-state index in [0.717, 1.165) is 24.5 Å². The third-order valence-corrected chi connectivity index (χ3v) is 6.08. The number of hydrogen-bond donors (Lipinski definition) is 1. The van der Waals surface area contributed by atoms with Crippen LogP contribution in [0.2, 0.25) is 0 Å². The lowest BCUT2D eigenvalue weighted by Gasteiger charge is -2.29. The van der Waals surface area contributed by atoms with Gasteiger partial charge in [-0.25, -0.2) is 0 Å². The van der Waals surface area contributed by atoms with E-state index in [0.29, 0.717) is 19.6 Å². The second kappa shape index (κ2) is 11.7. The van der Waals surface area contributed by atoms with Crippen molar-refractivity contribution >= 4 is 11.8 Å². The van der Waals surface area contributed by atoms with E-state index in [2.05, 4.69) is 12.1 Å². The molecule has 1 N–H and O–H groups in total. The molecule has 1 aromatic carbocycles. The lowest BCUT2D eigenvalue weighted by Crippen LogP contribution is -3.13. The first-order valence-electron chi connectivity index (χ1n) is 11.5. The number of benzene rings is 1. The van der Waals surface area contributed by atoms with Gasteiger partial charge in [-0.3, -0.25) is 9.59 Å². The predicted octanol–water partition coefficient (Wildman–Crippen LogP) is 2.08. The number of likely N-dealkylation sites (tertiary alicyclic amines) is 1. The highest BCUT2D eigenvalue weighted by Crippen LogP contribution is 2.12. The molecule has 3 rings (SSSR count). The van der Waals surface area contributed by atoms with E-state index in [1.165, 1.54) is 42.8 Å². The third kappa shape index (κ3) is 7.55. The Morgan fingerprint density at radius 1 is 0.968 bits per heavy atom. The molecule has 0 radical (unpaired) electrons. The maximum absolute atomic E-state index is 13.2. The van der Waals surface area contributed by atoms with Crippen LogP contribution in [-0.4, -0.2) is 60.9 Å². The lowest BCUT2D eigenvalue weighted by atomic mass is 10.1. The fraction of sp³-hybridized carbons (Fsp3) is 0.520. The van der Waals surface area contributed by atoms with E-state index in [4.69, 9.17) is 4.42 Å².